The molecular formula is C9H20N2O3S. The Kier molecular flexibility index (Phi) is 5.52. The van der Waals surface area contributed by atoms with Gasteiger partial charge in [-0.05, 0) is 19.4 Å². The van der Waals surface area contributed by atoms with Gasteiger partial charge in [-0.3, -0.25) is 0 Å². The molecule has 5 nitrogen and oxygen atoms in total. The van der Waals surface area contributed by atoms with E-state index in [4.69, 9.17) is 4.74 Å². The summed E-state index contributed by atoms with van der Waals surface area (Å²) >= 11 is 0. The number of hydrogen-bond donors (Lipinski definition) is 2. The zero-order valence-electron chi connectivity index (χ0n) is 9.16. The SMILES string of the molecule is CCCNCCS(=O)(=O)NC1CCOC1. The summed E-state index contributed by atoms with van der Waals surface area (Å²) < 4.78 is 30.8. The number of ether oxygens (including phenoxy) is 1. The molecule has 1 unspecified atom stereocenters. The molecule has 0 aromatic rings. The van der Waals surface area contributed by atoms with Crippen molar-refractivity contribution in [3.8, 4) is 0 Å². The Morgan fingerprint density at radius 3 is 2.80 bits per heavy atom. The third kappa shape index (κ3) is 5.46. The summed E-state index contributed by atoms with van der Waals surface area (Å²) in [6.45, 7) is 4.58. The molecule has 0 aliphatic carbocycles. The van der Waals surface area contributed by atoms with Gasteiger partial charge in [0.25, 0.3) is 0 Å². The molecule has 0 bridgehead atoms. The van der Waals surface area contributed by atoms with Crippen LogP contribution in [-0.2, 0) is 14.8 Å². The van der Waals surface area contributed by atoms with Gasteiger partial charge in [-0.2, -0.15) is 0 Å². The molecule has 1 atom stereocenters. The van der Waals surface area contributed by atoms with E-state index in [1.54, 1.807) is 0 Å². The van der Waals surface area contributed by atoms with Crippen LogP contribution in [0.15, 0.2) is 0 Å². The molecule has 0 amide bonds. The molecule has 0 saturated carbocycles. The van der Waals surface area contributed by atoms with Crippen molar-refractivity contribution in [3.63, 3.8) is 0 Å². The highest BCUT2D eigenvalue weighted by Crippen LogP contribution is 2.04. The first-order valence-corrected chi connectivity index (χ1v) is 7.08. The predicted octanol–water partition coefficient (Wildman–Crippen LogP) is -0.306. The van der Waals surface area contributed by atoms with E-state index in [-0.39, 0.29) is 11.8 Å². The fourth-order valence-corrected chi connectivity index (χ4v) is 2.67. The lowest BCUT2D eigenvalue weighted by molar-refractivity contribution is 0.192. The molecular weight excluding hydrogens is 216 g/mol. The molecule has 6 heteroatoms. The van der Waals surface area contributed by atoms with Crippen LogP contribution in [-0.4, -0.2) is 46.5 Å². The minimum atomic E-state index is -3.14. The highest BCUT2D eigenvalue weighted by atomic mass is 32.2. The van der Waals surface area contributed by atoms with Gasteiger partial charge in [0.05, 0.1) is 12.4 Å². The molecule has 1 fully saturated rings. The van der Waals surface area contributed by atoms with Gasteiger partial charge in [0.15, 0.2) is 0 Å². The second kappa shape index (κ2) is 6.42. The quantitative estimate of drug-likeness (QED) is 0.595. The van der Waals surface area contributed by atoms with Gasteiger partial charge in [0, 0.05) is 19.2 Å². The van der Waals surface area contributed by atoms with Gasteiger partial charge in [0.1, 0.15) is 0 Å². The first-order chi connectivity index (χ1) is 7.14. The third-order valence-electron chi connectivity index (χ3n) is 2.25. The van der Waals surface area contributed by atoms with E-state index in [0.29, 0.717) is 19.8 Å². The maximum absolute atomic E-state index is 11.5. The Labute approximate surface area is 91.6 Å². The Hall–Kier alpha value is -0.170. The van der Waals surface area contributed by atoms with Crippen molar-refractivity contribution in [2.24, 2.45) is 0 Å². The maximum Gasteiger partial charge on any atom is 0.213 e. The smallest absolute Gasteiger partial charge is 0.213 e. The summed E-state index contributed by atoms with van der Waals surface area (Å²) in [5.41, 5.74) is 0. The van der Waals surface area contributed by atoms with Crippen LogP contribution in [0.4, 0.5) is 0 Å². The van der Waals surface area contributed by atoms with E-state index < -0.39 is 10.0 Å². The lowest BCUT2D eigenvalue weighted by Gasteiger charge is -2.11. The first kappa shape index (κ1) is 12.9. The van der Waals surface area contributed by atoms with Crippen LogP contribution < -0.4 is 10.0 Å². The second-order valence-corrected chi connectivity index (χ2v) is 5.62. The lowest BCUT2D eigenvalue weighted by atomic mass is 10.3. The van der Waals surface area contributed by atoms with E-state index in [1.165, 1.54) is 0 Å². The highest BCUT2D eigenvalue weighted by Gasteiger charge is 2.21. The number of rotatable bonds is 7. The Bertz CT molecular complexity index is 261. The van der Waals surface area contributed by atoms with Crippen molar-refractivity contribution in [2.45, 2.75) is 25.8 Å². The summed E-state index contributed by atoms with van der Waals surface area (Å²) in [6.07, 6.45) is 1.80. The molecule has 2 N–H and O–H groups in total. The van der Waals surface area contributed by atoms with Gasteiger partial charge in [-0.15, -0.1) is 0 Å². The van der Waals surface area contributed by atoms with Crippen molar-refractivity contribution < 1.29 is 13.2 Å². The second-order valence-electron chi connectivity index (χ2n) is 3.75. The van der Waals surface area contributed by atoms with Crippen LogP contribution in [0.1, 0.15) is 19.8 Å². The average molecular weight is 236 g/mol. The molecule has 0 spiro atoms. The van der Waals surface area contributed by atoms with Crippen LogP contribution in [0.5, 0.6) is 0 Å². The molecule has 15 heavy (non-hydrogen) atoms. The minimum Gasteiger partial charge on any atom is -0.380 e. The Balaban J connectivity index is 2.19. The molecule has 1 aliphatic rings. The van der Waals surface area contributed by atoms with E-state index >= 15 is 0 Å². The number of sulfonamides is 1. The van der Waals surface area contributed by atoms with Crippen molar-refractivity contribution >= 4 is 10.0 Å². The number of hydrogen-bond acceptors (Lipinski definition) is 4. The predicted molar refractivity (Wildman–Crippen MR) is 59.3 cm³/mol. The van der Waals surface area contributed by atoms with Gasteiger partial charge in [-0.1, -0.05) is 6.92 Å². The van der Waals surface area contributed by atoms with E-state index in [1.807, 2.05) is 0 Å². The summed E-state index contributed by atoms with van der Waals surface area (Å²) in [4.78, 5) is 0. The summed E-state index contributed by atoms with van der Waals surface area (Å²) in [7, 11) is -3.14. The molecule has 1 heterocycles. The van der Waals surface area contributed by atoms with Crippen LogP contribution >= 0.6 is 0 Å². The van der Waals surface area contributed by atoms with Crippen LogP contribution in [0.3, 0.4) is 0 Å². The fraction of sp³-hybridized carbons (Fsp3) is 1.00. The molecule has 0 aromatic carbocycles. The Morgan fingerprint density at radius 2 is 2.20 bits per heavy atom. The molecule has 0 aromatic heterocycles. The van der Waals surface area contributed by atoms with Crippen molar-refractivity contribution in [3.05, 3.63) is 0 Å². The third-order valence-corrected chi connectivity index (χ3v) is 3.68. The zero-order chi connectivity index (χ0) is 11.1. The molecule has 1 rings (SSSR count). The summed E-state index contributed by atoms with van der Waals surface area (Å²) in [6, 6.07) is -0.0267. The maximum atomic E-state index is 11.5. The highest BCUT2D eigenvalue weighted by molar-refractivity contribution is 7.89. The molecule has 0 radical (unpaired) electrons. The standard InChI is InChI=1S/C9H20N2O3S/c1-2-4-10-5-7-15(12,13)11-9-3-6-14-8-9/h9-11H,2-8H2,1H3. The Morgan fingerprint density at radius 1 is 1.40 bits per heavy atom. The van der Waals surface area contributed by atoms with E-state index in [9.17, 15) is 8.42 Å². The van der Waals surface area contributed by atoms with E-state index in [0.717, 1.165) is 19.4 Å². The largest absolute Gasteiger partial charge is 0.380 e. The van der Waals surface area contributed by atoms with Gasteiger partial charge in [0.2, 0.25) is 10.0 Å². The molecule has 1 aliphatic heterocycles. The van der Waals surface area contributed by atoms with Crippen molar-refractivity contribution in [2.75, 3.05) is 32.1 Å². The van der Waals surface area contributed by atoms with Crippen molar-refractivity contribution in [1.29, 1.82) is 0 Å². The molecule has 1 saturated heterocycles. The minimum absolute atomic E-state index is 0.0267. The topological polar surface area (TPSA) is 67.4 Å². The van der Waals surface area contributed by atoms with Crippen LogP contribution in [0.2, 0.25) is 0 Å². The summed E-state index contributed by atoms with van der Waals surface area (Å²) in [5.74, 6) is 0.142. The summed E-state index contributed by atoms with van der Waals surface area (Å²) in [5, 5.41) is 3.07. The number of nitrogens with one attached hydrogen (secondary N) is 2. The van der Waals surface area contributed by atoms with Crippen LogP contribution in [0.25, 0.3) is 0 Å². The van der Waals surface area contributed by atoms with Gasteiger partial charge < -0.3 is 10.1 Å². The normalized spacial score (nSPS) is 22.1. The average Bonchev–Trinajstić information content (AvgIpc) is 2.64. The fourth-order valence-electron chi connectivity index (χ4n) is 1.45. The van der Waals surface area contributed by atoms with E-state index in [2.05, 4.69) is 17.0 Å². The van der Waals surface area contributed by atoms with Gasteiger partial charge >= 0.3 is 0 Å². The molecule has 90 valence electrons. The monoisotopic (exact) mass is 236 g/mol. The zero-order valence-corrected chi connectivity index (χ0v) is 9.98. The first-order valence-electron chi connectivity index (χ1n) is 5.42. The van der Waals surface area contributed by atoms with Crippen LogP contribution in [0, 0.1) is 0 Å². The van der Waals surface area contributed by atoms with Gasteiger partial charge in [-0.25, -0.2) is 13.1 Å². The van der Waals surface area contributed by atoms with Crippen molar-refractivity contribution in [1.82, 2.24) is 10.0 Å². The lowest BCUT2D eigenvalue weighted by Crippen LogP contribution is -2.39.